The number of carbonyl (C=O) groups excluding carboxylic acids is 1. The zero-order valence-corrected chi connectivity index (χ0v) is 10.5. The number of ether oxygens (including phenoxy) is 1. The number of esters is 1. The number of hydrogen-bond donors (Lipinski definition) is 3. The SMILES string of the molecule is COC(=O)c1c(N)nsc1NCCc1ncn[nH]1. The minimum atomic E-state index is -0.497. The smallest absolute Gasteiger partial charge is 0.344 e. The first kappa shape index (κ1) is 12.3. The second kappa shape index (κ2) is 5.45. The Bertz CT molecular complexity index is 523. The van der Waals surface area contributed by atoms with Gasteiger partial charge in [-0.25, -0.2) is 9.78 Å². The van der Waals surface area contributed by atoms with Crippen molar-refractivity contribution >= 4 is 28.3 Å². The first-order chi connectivity index (χ1) is 8.72. The van der Waals surface area contributed by atoms with Crippen LogP contribution in [0.3, 0.4) is 0 Å². The van der Waals surface area contributed by atoms with Crippen LogP contribution in [0, 0.1) is 0 Å². The van der Waals surface area contributed by atoms with Gasteiger partial charge < -0.3 is 15.8 Å². The second-order valence-electron chi connectivity index (χ2n) is 3.37. The third-order valence-corrected chi connectivity index (χ3v) is 3.04. The van der Waals surface area contributed by atoms with Crippen molar-refractivity contribution < 1.29 is 9.53 Å². The number of nitrogens with one attached hydrogen (secondary N) is 2. The lowest BCUT2D eigenvalue weighted by atomic mass is 10.3. The number of anilines is 2. The molecule has 0 aliphatic rings. The van der Waals surface area contributed by atoms with Crippen LogP contribution in [0.1, 0.15) is 16.2 Å². The Morgan fingerprint density at radius 2 is 2.50 bits per heavy atom. The lowest BCUT2D eigenvalue weighted by Crippen LogP contribution is -2.10. The molecule has 0 spiro atoms. The minimum Gasteiger partial charge on any atom is -0.465 e. The Hall–Kier alpha value is -2.16. The maximum atomic E-state index is 11.5. The van der Waals surface area contributed by atoms with Crippen LogP contribution in [0.15, 0.2) is 6.33 Å². The number of nitrogens with two attached hydrogens (primary N) is 1. The van der Waals surface area contributed by atoms with E-state index < -0.39 is 5.97 Å². The van der Waals surface area contributed by atoms with Gasteiger partial charge in [0.05, 0.1) is 7.11 Å². The van der Waals surface area contributed by atoms with Gasteiger partial charge in [-0.15, -0.1) is 0 Å². The largest absolute Gasteiger partial charge is 0.465 e. The van der Waals surface area contributed by atoms with Crippen LogP contribution in [0.4, 0.5) is 10.8 Å². The molecule has 8 nitrogen and oxygen atoms in total. The van der Waals surface area contributed by atoms with Crippen LogP contribution >= 0.6 is 11.5 Å². The molecule has 2 heterocycles. The van der Waals surface area contributed by atoms with Gasteiger partial charge in [0.15, 0.2) is 5.82 Å². The fourth-order valence-corrected chi connectivity index (χ4v) is 2.09. The number of nitrogen functional groups attached to an aromatic ring is 1. The Morgan fingerprint density at radius 1 is 1.67 bits per heavy atom. The standard InChI is InChI=1S/C9H12N6O2S/c1-17-9(16)6-7(10)15-18-8(6)11-3-2-5-12-4-13-14-5/h4,11H,2-3H2,1H3,(H2,10,15)(H,12,13,14). The monoisotopic (exact) mass is 268 g/mol. The molecule has 2 rings (SSSR count). The maximum absolute atomic E-state index is 11.5. The van der Waals surface area contributed by atoms with Gasteiger partial charge in [0.1, 0.15) is 22.7 Å². The lowest BCUT2D eigenvalue weighted by molar-refractivity contribution is 0.0603. The van der Waals surface area contributed by atoms with Crippen molar-refractivity contribution in [2.75, 3.05) is 24.7 Å². The van der Waals surface area contributed by atoms with Crippen LogP contribution < -0.4 is 11.1 Å². The van der Waals surface area contributed by atoms with Crippen LogP contribution in [0.2, 0.25) is 0 Å². The second-order valence-corrected chi connectivity index (χ2v) is 4.15. The van der Waals surface area contributed by atoms with E-state index in [1.807, 2.05) is 0 Å². The minimum absolute atomic E-state index is 0.175. The molecule has 2 aromatic rings. The highest BCUT2D eigenvalue weighted by molar-refractivity contribution is 7.11. The molecule has 0 amide bonds. The highest BCUT2D eigenvalue weighted by Gasteiger charge is 2.19. The molecular weight excluding hydrogens is 256 g/mol. The maximum Gasteiger partial charge on any atom is 0.344 e. The molecule has 0 fully saturated rings. The van der Waals surface area contributed by atoms with Crippen LogP contribution in [-0.2, 0) is 11.2 Å². The summed E-state index contributed by atoms with van der Waals surface area (Å²) in [5, 5.41) is 10.2. The molecule has 0 saturated carbocycles. The van der Waals surface area contributed by atoms with Crippen molar-refractivity contribution in [1.82, 2.24) is 19.6 Å². The molecule has 4 N–H and O–H groups in total. The van der Waals surface area contributed by atoms with Gasteiger partial charge in [-0.1, -0.05) is 0 Å². The van der Waals surface area contributed by atoms with Crippen LogP contribution in [0.5, 0.6) is 0 Å². The fourth-order valence-electron chi connectivity index (χ4n) is 1.37. The first-order valence-electron chi connectivity index (χ1n) is 5.14. The predicted molar refractivity (Wildman–Crippen MR) is 66.4 cm³/mol. The van der Waals surface area contributed by atoms with Crippen LogP contribution in [0.25, 0.3) is 0 Å². The van der Waals surface area contributed by atoms with E-state index >= 15 is 0 Å². The Balaban J connectivity index is 1.99. The van der Waals surface area contributed by atoms with Gasteiger partial charge in [-0.05, 0) is 11.5 Å². The Labute approximate surface area is 107 Å². The lowest BCUT2D eigenvalue weighted by Gasteiger charge is -2.04. The van der Waals surface area contributed by atoms with E-state index in [2.05, 4.69) is 29.6 Å². The van der Waals surface area contributed by atoms with E-state index in [1.165, 1.54) is 13.4 Å². The highest BCUT2D eigenvalue weighted by Crippen LogP contribution is 2.27. The van der Waals surface area contributed by atoms with Gasteiger partial charge in [0.25, 0.3) is 0 Å². The summed E-state index contributed by atoms with van der Waals surface area (Å²) in [6, 6.07) is 0. The quantitative estimate of drug-likeness (QED) is 0.666. The summed E-state index contributed by atoms with van der Waals surface area (Å²) in [7, 11) is 1.30. The fraction of sp³-hybridized carbons (Fsp3) is 0.333. The molecule has 0 bridgehead atoms. The van der Waals surface area contributed by atoms with Crippen molar-refractivity contribution in [2.24, 2.45) is 0 Å². The van der Waals surface area contributed by atoms with Gasteiger partial charge in [0.2, 0.25) is 0 Å². The summed E-state index contributed by atoms with van der Waals surface area (Å²) in [6.07, 6.45) is 2.10. The normalized spacial score (nSPS) is 10.3. The summed E-state index contributed by atoms with van der Waals surface area (Å²) in [6.45, 7) is 0.584. The molecule has 9 heteroatoms. The predicted octanol–water partition coefficient (Wildman–Crippen LogP) is 0.285. The van der Waals surface area contributed by atoms with Crippen molar-refractivity contribution in [3.05, 3.63) is 17.7 Å². The number of nitrogens with zero attached hydrogens (tertiary/aromatic N) is 3. The molecule has 0 aromatic carbocycles. The Morgan fingerprint density at radius 3 is 3.17 bits per heavy atom. The van der Waals surface area contributed by atoms with E-state index in [0.717, 1.165) is 17.4 Å². The first-order valence-corrected chi connectivity index (χ1v) is 5.91. The molecule has 18 heavy (non-hydrogen) atoms. The summed E-state index contributed by atoms with van der Waals surface area (Å²) in [4.78, 5) is 15.5. The van der Waals surface area contributed by atoms with Gasteiger partial charge in [-0.3, -0.25) is 5.10 Å². The molecule has 0 aliphatic heterocycles. The number of methoxy groups -OCH3 is 1. The van der Waals surface area contributed by atoms with E-state index in [0.29, 0.717) is 18.0 Å². The zero-order valence-electron chi connectivity index (χ0n) is 9.64. The van der Waals surface area contributed by atoms with E-state index in [4.69, 9.17) is 5.73 Å². The summed E-state index contributed by atoms with van der Waals surface area (Å²) in [5.41, 5.74) is 5.89. The van der Waals surface area contributed by atoms with Crippen molar-refractivity contribution in [3.8, 4) is 0 Å². The van der Waals surface area contributed by atoms with Gasteiger partial charge in [-0.2, -0.15) is 9.47 Å². The topological polar surface area (TPSA) is 119 Å². The van der Waals surface area contributed by atoms with E-state index in [9.17, 15) is 4.79 Å². The molecule has 0 atom stereocenters. The molecular formula is C9H12N6O2S. The molecule has 0 radical (unpaired) electrons. The molecule has 0 saturated heterocycles. The number of aromatic amines is 1. The number of H-pyrrole nitrogens is 1. The highest BCUT2D eigenvalue weighted by atomic mass is 32.1. The number of rotatable bonds is 5. The van der Waals surface area contributed by atoms with E-state index in [1.54, 1.807) is 0 Å². The van der Waals surface area contributed by atoms with Crippen molar-refractivity contribution in [1.29, 1.82) is 0 Å². The average molecular weight is 268 g/mol. The molecule has 96 valence electrons. The van der Waals surface area contributed by atoms with Crippen LogP contribution in [-0.4, -0.2) is 39.2 Å². The molecule has 0 aliphatic carbocycles. The average Bonchev–Trinajstić information content (AvgIpc) is 2.99. The van der Waals surface area contributed by atoms with Crippen molar-refractivity contribution in [3.63, 3.8) is 0 Å². The summed E-state index contributed by atoms with van der Waals surface area (Å²) >= 11 is 1.12. The zero-order chi connectivity index (χ0) is 13.0. The third kappa shape index (κ3) is 2.56. The number of aromatic nitrogens is 4. The summed E-state index contributed by atoms with van der Waals surface area (Å²) in [5.74, 6) is 0.442. The van der Waals surface area contributed by atoms with Gasteiger partial charge >= 0.3 is 5.97 Å². The third-order valence-electron chi connectivity index (χ3n) is 2.22. The summed E-state index contributed by atoms with van der Waals surface area (Å²) < 4.78 is 8.57. The number of carbonyl (C=O) groups is 1. The molecule has 0 unspecified atom stereocenters. The Kier molecular flexibility index (Phi) is 3.72. The van der Waals surface area contributed by atoms with Gasteiger partial charge in [0, 0.05) is 13.0 Å². The van der Waals surface area contributed by atoms with Crippen molar-refractivity contribution in [2.45, 2.75) is 6.42 Å². The molecule has 2 aromatic heterocycles. The number of hydrogen-bond acceptors (Lipinski definition) is 8. The van der Waals surface area contributed by atoms with E-state index in [-0.39, 0.29) is 11.4 Å².